The van der Waals surface area contributed by atoms with Crippen molar-refractivity contribution in [3.05, 3.63) is 22.1 Å². The first-order valence-corrected chi connectivity index (χ1v) is 13.8. The van der Waals surface area contributed by atoms with Gasteiger partial charge in [0.25, 0.3) is 5.56 Å². The lowest BCUT2D eigenvalue weighted by molar-refractivity contribution is -0.0421. The van der Waals surface area contributed by atoms with Gasteiger partial charge in [0.15, 0.2) is 5.65 Å². The molecule has 18 nitrogen and oxygen atoms in total. The molecule has 0 aromatic carbocycles. The Bertz CT molecular complexity index is 1370. The Labute approximate surface area is 195 Å². The fourth-order valence-corrected chi connectivity index (χ4v) is 6.17. The van der Waals surface area contributed by atoms with Crippen LogP contribution in [0.5, 0.6) is 0 Å². The second kappa shape index (κ2) is 10.2. The van der Waals surface area contributed by atoms with Crippen molar-refractivity contribution in [2.45, 2.75) is 24.9 Å². The summed E-state index contributed by atoms with van der Waals surface area (Å²) in [7, 11) is -16.7. The number of phosphoric ester groups is 1. The number of phosphoric acid groups is 3. The van der Waals surface area contributed by atoms with Gasteiger partial charge < -0.3 is 45.5 Å². The van der Waals surface area contributed by atoms with E-state index in [4.69, 9.17) is 26.0 Å². The van der Waals surface area contributed by atoms with Gasteiger partial charge >= 0.3 is 23.5 Å². The van der Waals surface area contributed by atoms with Crippen molar-refractivity contribution in [3.63, 3.8) is 0 Å². The number of nitrogens with two attached hydrogens (primary N) is 2. The number of anilines is 1. The highest BCUT2D eigenvalue weighted by atomic mass is 31.3. The van der Waals surface area contributed by atoms with E-state index in [0.717, 1.165) is 0 Å². The molecule has 1 saturated heterocycles. The number of H-pyrrole nitrogens is 1. The molecule has 2 aromatic heterocycles. The van der Waals surface area contributed by atoms with E-state index >= 15 is 0 Å². The third kappa shape index (κ3) is 7.06. The predicted octanol–water partition coefficient (Wildman–Crippen LogP) is -1.39. The Kier molecular flexibility index (Phi) is 8.07. The van der Waals surface area contributed by atoms with Crippen LogP contribution in [0.15, 0.2) is 11.0 Å². The number of rotatable bonds is 8. The maximum Gasteiger partial charge on any atom is 0.490 e. The van der Waals surface area contributed by atoms with Crippen LogP contribution >= 0.6 is 23.5 Å². The van der Waals surface area contributed by atoms with Crippen LogP contribution in [0, 0.1) is 11.8 Å². The van der Waals surface area contributed by atoms with Gasteiger partial charge in [-0.3, -0.25) is 14.3 Å². The molecule has 0 saturated carbocycles. The molecule has 0 spiro atoms. The summed E-state index contributed by atoms with van der Waals surface area (Å²) in [4.78, 5) is 54.6. The third-order valence-corrected chi connectivity index (χ3v) is 8.16. The van der Waals surface area contributed by atoms with Crippen LogP contribution in [-0.2, 0) is 31.6 Å². The monoisotopic (exact) mass is 559 g/mol. The smallest absolute Gasteiger partial charge is 0.390 e. The molecule has 0 bridgehead atoms. The lowest BCUT2D eigenvalue weighted by Crippen LogP contribution is -2.26. The SMILES string of the molecule is NCC#Cc1cn([C@H]2C[C@@H](O)[C@@H](COP(=O)(O)OP(=O)(O)OP(=O)(O)O)O2)c2nc(N)[nH]c(=O)c12. The van der Waals surface area contributed by atoms with E-state index in [-0.39, 0.29) is 35.5 Å². The van der Waals surface area contributed by atoms with Gasteiger partial charge in [0.05, 0.1) is 30.2 Å². The number of hydrogen-bond acceptors (Lipinski definition) is 12. The van der Waals surface area contributed by atoms with Gasteiger partial charge in [0, 0.05) is 12.6 Å². The summed E-state index contributed by atoms with van der Waals surface area (Å²) >= 11 is 0. The Morgan fingerprint density at radius 1 is 1.23 bits per heavy atom. The minimum Gasteiger partial charge on any atom is -0.390 e. The largest absolute Gasteiger partial charge is 0.490 e. The molecule has 0 aliphatic carbocycles. The van der Waals surface area contributed by atoms with Gasteiger partial charge in [-0.2, -0.15) is 13.6 Å². The van der Waals surface area contributed by atoms with Crippen molar-refractivity contribution in [1.29, 1.82) is 0 Å². The van der Waals surface area contributed by atoms with E-state index in [9.17, 15) is 33.4 Å². The lowest BCUT2D eigenvalue weighted by Gasteiger charge is -2.19. The molecular formula is C14H20N5O13P3. The zero-order chi connectivity index (χ0) is 26.2. The van der Waals surface area contributed by atoms with E-state index in [2.05, 4.69) is 35.0 Å². The van der Waals surface area contributed by atoms with Gasteiger partial charge in [-0.1, -0.05) is 11.8 Å². The Hall–Kier alpha value is -1.93. The van der Waals surface area contributed by atoms with Crippen LogP contribution in [0.25, 0.3) is 11.0 Å². The number of fused-ring (bicyclic) bond motifs is 1. The highest BCUT2D eigenvalue weighted by Crippen LogP contribution is 2.66. The number of aliphatic hydroxyl groups is 1. The summed E-state index contributed by atoms with van der Waals surface area (Å²) in [6.07, 6.45) is -2.28. The first kappa shape index (κ1) is 27.7. The van der Waals surface area contributed by atoms with Gasteiger partial charge in [0.1, 0.15) is 12.3 Å². The minimum absolute atomic E-state index is 0.00823. The van der Waals surface area contributed by atoms with E-state index in [1.807, 2.05) is 0 Å². The summed E-state index contributed by atoms with van der Waals surface area (Å²) in [5.74, 6) is 5.10. The fraction of sp³-hybridized carbons (Fsp3) is 0.429. The zero-order valence-electron chi connectivity index (χ0n) is 17.3. The van der Waals surface area contributed by atoms with E-state index in [1.54, 1.807) is 0 Å². The van der Waals surface area contributed by atoms with Gasteiger partial charge in [-0.15, -0.1) is 0 Å². The summed E-state index contributed by atoms with van der Waals surface area (Å²) in [5.41, 5.74) is 10.7. The number of aliphatic hydroxyl groups excluding tert-OH is 1. The molecule has 3 rings (SSSR count). The molecule has 21 heteroatoms. The minimum atomic E-state index is -5.70. The number of aromatic nitrogens is 3. The Balaban J connectivity index is 1.78. The molecule has 1 fully saturated rings. The van der Waals surface area contributed by atoms with Crippen LogP contribution in [-0.4, -0.2) is 64.6 Å². The fourth-order valence-electron chi connectivity index (χ4n) is 3.14. The maximum atomic E-state index is 12.4. The molecule has 194 valence electrons. The second-order valence-corrected chi connectivity index (χ2v) is 11.3. The molecule has 1 aliphatic rings. The summed E-state index contributed by atoms with van der Waals surface area (Å²) in [6, 6.07) is 0. The van der Waals surface area contributed by atoms with Crippen LogP contribution < -0.4 is 17.0 Å². The van der Waals surface area contributed by atoms with Gasteiger partial charge in [-0.05, 0) is 0 Å². The average molecular weight is 559 g/mol. The number of nitrogen functional groups attached to an aromatic ring is 1. The van der Waals surface area contributed by atoms with E-state index in [1.165, 1.54) is 10.8 Å². The molecule has 2 unspecified atom stereocenters. The molecule has 2 aromatic rings. The van der Waals surface area contributed by atoms with Crippen molar-refractivity contribution in [3.8, 4) is 11.8 Å². The van der Waals surface area contributed by atoms with Crippen LogP contribution in [0.2, 0.25) is 0 Å². The van der Waals surface area contributed by atoms with E-state index in [0.29, 0.717) is 0 Å². The van der Waals surface area contributed by atoms with Crippen molar-refractivity contribution >= 4 is 40.4 Å². The molecule has 3 heterocycles. The zero-order valence-corrected chi connectivity index (χ0v) is 20.0. The number of nitrogens with zero attached hydrogens (tertiary/aromatic N) is 2. The van der Waals surface area contributed by atoms with Gasteiger partial charge in [0.2, 0.25) is 5.95 Å². The summed E-state index contributed by atoms with van der Waals surface area (Å²) < 4.78 is 52.7. The number of hydrogen-bond donors (Lipinski definition) is 8. The number of ether oxygens (including phenoxy) is 1. The van der Waals surface area contributed by atoms with Crippen molar-refractivity contribution in [2.24, 2.45) is 5.73 Å². The normalized spacial score (nSPS) is 24.0. The van der Waals surface area contributed by atoms with Crippen molar-refractivity contribution in [1.82, 2.24) is 14.5 Å². The molecule has 5 atom stereocenters. The maximum absolute atomic E-state index is 12.4. The third-order valence-electron chi connectivity index (χ3n) is 4.36. The van der Waals surface area contributed by atoms with Crippen LogP contribution in [0.4, 0.5) is 5.95 Å². The molecule has 35 heavy (non-hydrogen) atoms. The van der Waals surface area contributed by atoms with E-state index < -0.39 is 54.1 Å². The number of aromatic amines is 1. The quantitative estimate of drug-likeness (QED) is 0.136. The molecule has 1 aliphatic heterocycles. The topological polar surface area (TPSA) is 292 Å². The van der Waals surface area contributed by atoms with Gasteiger partial charge in [-0.25, -0.2) is 13.7 Å². The standard InChI is InChI=1S/C14H20N5O13P3/c15-3-1-2-7-5-19(12-11(7)13(21)18-14(16)17-12)10-4-8(20)9(30-10)6-29-34(25,26)32-35(27,28)31-33(22,23)24/h5,8-10,20H,3-4,6,15H2,(H,25,26)(H,27,28)(H2,22,23,24)(H3,16,17,18,21)/t8-,9-,10-/m1/s1. The van der Waals surface area contributed by atoms with Crippen molar-refractivity contribution < 1.29 is 56.3 Å². The summed E-state index contributed by atoms with van der Waals surface area (Å²) in [5, 5.41) is 10.4. The van der Waals surface area contributed by atoms with Crippen LogP contribution in [0.3, 0.4) is 0 Å². The lowest BCUT2D eigenvalue weighted by atomic mass is 10.2. The first-order chi connectivity index (χ1) is 16.1. The van der Waals surface area contributed by atoms with Crippen LogP contribution in [0.1, 0.15) is 18.2 Å². The van der Waals surface area contributed by atoms with Crippen molar-refractivity contribution in [2.75, 3.05) is 18.9 Å². The predicted molar refractivity (Wildman–Crippen MR) is 115 cm³/mol. The highest BCUT2D eigenvalue weighted by molar-refractivity contribution is 7.66. The first-order valence-electron chi connectivity index (χ1n) is 9.32. The summed E-state index contributed by atoms with van der Waals surface area (Å²) in [6.45, 7) is -0.856. The molecule has 0 radical (unpaired) electrons. The second-order valence-electron chi connectivity index (χ2n) is 6.92. The Morgan fingerprint density at radius 2 is 1.91 bits per heavy atom. The highest BCUT2D eigenvalue weighted by Gasteiger charge is 2.43. The molecule has 0 amide bonds. The average Bonchev–Trinajstić information content (AvgIpc) is 3.22. The molecule has 10 N–H and O–H groups in total. The Morgan fingerprint density at radius 3 is 2.54 bits per heavy atom. The number of nitrogens with one attached hydrogen (secondary N) is 1. The molecular weight excluding hydrogens is 539 g/mol.